The van der Waals surface area contributed by atoms with Crippen LogP contribution in [0.4, 0.5) is 13.2 Å². The topological polar surface area (TPSA) is 30.5 Å². The molecule has 0 radical (unpaired) electrons. The molecule has 1 aromatic carbocycles. The van der Waals surface area contributed by atoms with E-state index in [0.29, 0.717) is 12.4 Å². The van der Waals surface area contributed by atoms with Gasteiger partial charge in [-0.1, -0.05) is 19.8 Å². The predicted molar refractivity (Wildman–Crippen MR) is 75.6 cm³/mol. The van der Waals surface area contributed by atoms with Gasteiger partial charge >= 0.3 is 6.36 Å². The minimum Gasteiger partial charge on any atom is -0.494 e. The lowest BCUT2D eigenvalue weighted by molar-refractivity contribution is -0.274. The summed E-state index contributed by atoms with van der Waals surface area (Å²) in [5, 5.41) is 3.26. The fourth-order valence-corrected chi connectivity index (χ4v) is 1.81. The van der Waals surface area contributed by atoms with E-state index >= 15 is 0 Å². The van der Waals surface area contributed by atoms with Gasteiger partial charge in [-0.05, 0) is 50.2 Å². The lowest BCUT2D eigenvalue weighted by atomic mass is 10.2. The molecule has 0 atom stereocenters. The third-order valence-corrected chi connectivity index (χ3v) is 2.82. The summed E-state index contributed by atoms with van der Waals surface area (Å²) in [6.45, 7) is 4.69. The molecule has 0 spiro atoms. The van der Waals surface area contributed by atoms with Gasteiger partial charge in [0.05, 0.1) is 6.61 Å². The molecule has 0 fully saturated rings. The average Bonchev–Trinajstić information content (AvgIpc) is 2.42. The van der Waals surface area contributed by atoms with Crippen LogP contribution >= 0.6 is 0 Å². The second kappa shape index (κ2) is 9.50. The minimum atomic E-state index is -4.66. The maximum Gasteiger partial charge on any atom is 0.573 e. The summed E-state index contributed by atoms with van der Waals surface area (Å²) in [4.78, 5) is 0. The Labute approximate surface area is 123 Å². The van der Waals surface area contributed by atoms with E-state index in [0.717, 1.165) is 38.8 Å². The summed E-state index contributed by atoms with van der Waals surface area (Å²) < 4.78 is 45.2. The number of alkyl halides is 3. The van der Waals surface area contributed by atoms with Crippen LogP contribution in [0.3, 0.4) is 0 Å². The van der Waals surface area contributed by atoms with Crippen molar-refractivity contribution >= 4 is 0 Å². The van der Waals surface area contributed by atoms with Gasteiger partial charge in [0.25, 0.3) is 0 Å². The Kier molecular flexibility index (Phi) is 7.97. The van der Waals surface area contributed by atoms with Crippen LogP contribution in [0.25, 0.3) is 0 Å². The largest absolute Gasteiger partial charge is 0.573 e. The van der Waals surface area contributed by atoms with Gasteiger partial charge in [-0.25, -0.2) is 0 Å². The first-order valence-corrected chi connectivity index (χ1v) is 7.20. The van der Waals surface area contributed by atoms with Crippen LogP contribution in [0.2, 0.25) is 0 Å². The molecule has 0 aliphatic heterocycles. The fraction of sp³-hybridized carbons (Fsp3) is 0.600. The van der Waals surface area contributed by atoms with E-state index in [1.54, 1.807) is 0 Å². The van der Waals surface area contributed by atoms with Gasteiger partial charge in [-0.2, -0.15) is 0 Å². The highest BCUT2D eigenvalue weighted by Crippen LogP contribution is 2.24. The summed E-state index contributed by atoms with van der Waals surface area (Å²) in [5.74, 6) is 0.315. The van der Waals surface area contributed by atoms with Gasteiger partial charge in [0.15, 0.2) is 0 Å². The van der Waals surface area contributed by atoms with Gasteiger partial charge in [-0.3, -0.25) is 0 Å². The highest BCUT2D eigenvalue weighted by Gasteiger charge is 2.30. The summed E-state index contributed by atoms with van der Waals surface area (Å²) >= 11 is 0. The van der Waals surface area contributed by atoms with Crippen molar-refractivity contribution in [2.24, 2.45) is 0 Å². The van der Waals surface area contributed by atoms with Crippen molar-refractivity contribution in [3.63, 3.8) is 0 Å². The Morgan fingerprint density at radius 3 is 2.19 bits per heavy atom. The van der Waals surface area contributed by atoms with Gasteiger partial charge in [0.1, 0.15) is 11.5 Å². The molecule has 3 nitrogen and oxygen atoms in total. The van der Waals surface area contributed by atoms with E-state index in [1.807, 2.05) is 0 Å². The van der Waals surface area contributed by atoms with Crippen LogP contribution in [0.5, 0.6) is 11.5 Å². The van der Waals surface area contributed by atoms with Crippen LogP contribution in [-0.4, -0.2) is 26.1 Å². The third kappa shape index (κ3) is 9.18. The van der Waals surface area contributed by atoms with Crippen LogP contribution < -0.4 is 14.8 Å². The molecule has 0 heterocycles. The number of rotatable bonds is 10. The molecule has 21 heavy (non-hydrogen) atoms. The van der Waals surface area contributed by atoms with E-state index in [4.69, 9.17) is 4.74 Å². The molecule has 6 heteroatoms. The lowest BCUT2D eigenvalue weighted by Crippen LogP contribution is -2.16. The number of unbranched alkanes of at least 4 members (excludes halogenated alkanes) is 3. The van der Waals surface area contributed by atoms with E-state index in [2.05, 4.69) is 17.0 Å². The zero-order chi connectivity index (χ0) is 15.6. The Morgan fingerprint density at radius 1 is 0.952 bits per heavy atom. The molecule has 1 aromatic rings. The SMILES string of the molecule is CCNCCCCCCOc1ccc(OC(F)(F)F)cc1. The quantitative estimate of drug-likeness (QED) is 0.659. The molecule has 0 aliphatic rings. The van der Waals surface area contributed by atoms with Gasteiger partial charge in [-0.15, -0.1) is 13.2 Å². The first kappa shape index (κ1) is 17.6. The molecule has 0 aliphatic carbocycles. The van der Waals surface area contributed by atoms with Crippen molar-refractivity contribution in [3.8, 4) is 11.5 Å². The van der Waals surface area contributed by atoms with Crippen molar-refractivity contribution in [2.45, 2.75) is 39.0 Å². The molecule has 0 saturated heterocycles. The van der Waals surface area contributed by atoms with Crippen molar-refractivity contribution < 1.29 is 22.6 Å². The van der Waals surface area contributed by atoms with Gasteiger partial charge in [0.2, 0.25) is 0 Å². The van der Waals surface area contributed by atoms with Gasteiger partial charge in [0, 0.05) is 0 Å². The summed E-state index contributed by atoms with van der Waals surface area (Å²) in [6, 6.07) is 5.46. The molecule has 120 valence electrons. The Balaban J connectivity index is 2.13. The highest BCUT2D eigenvalue weighted by atomic mass is 19.4. The van der Waals surface area contributed by atoms with Crippen molar-refractivity contribution in [2.75, 3.05) is 19.7 Å². The third-order valence-electron chi connectivity index (χ3n) is 2.82. The van der Waals surface area contributed by atoms with Crippen LogP contribution in [0.1, 0.15) is 32.6 Å². The molecule has 1 rings (SSSR count). The van der Waals surface area contributed by atoms with Crippen LogP contribution in [0, 0.1) is 0 Å². The van der Waals surface area contributed by atoms with Crippen LogP contribution in [-0.2, 0) is 0 Å². The summed E-state index contributed by atoms with van der Waals surface area (Å²) in [7, 11) is 0. The summed E-state index contributed by atoms with van der Waals surface area (Å²) in [6.07, 6.45) is -0.339. The molecule has 0 aromatic heterocycles. The number of benzene rings is 1. The van der Waals surface area contributed by atoms with Crippen molar-refractivity contribution in [1.29, 1.82) is 0 Å². The minimum absolute atomic E-state index is 0.238. The Bertz CT molecular complexity index is 380. The van der Waals surface area contributed by atoms with E-state index < -0.39 is 6.36 Å². The number of nitrogens with one attached hydrogen (secondary N) is 1. The molecule has 1 N–H and O–H groups in total. The van der Waals surface area contributed by atoms with E-state index in [9.17, 15) is 13.2 Å². The molecular weight excluding hydrogens is 283 g/mol. The van der Waals surface area contributed by atoms with Crippen LogP contribution in [0.15, 0.2) is 24.3 Å². The zero-order valence-corrected chi connectivity index (χ0v) is 12.2. The van der Waals surface area contributed by atoms with Gasteiger partial charge < -0.3 is 14.8 Å². The van der Waals surface area contributed by atoms with Crippen molar-refractivity contribution in [1.82, 2.24) is 5.32 Å². The highest BCUT2D eigenvalue weighted by molar-refractivity contribution is 5.31. The Hall–Kier alpha value is -1.43. The number of hydrogen-bond acceptors (Lipinski definition) is 3. The normalized spacial score (nSPS) is 11.4. The maximum absolute atomic E-state index is 12.0. The summed E-state index contributed by atoms with van der Waals surface area (Å²) in [5.41, 5.74) is 0. The first-order valence-electron chi connectivity index (χ1n) is 7.20. The smallest absolute Gasteiger partial charge is 0.494 e. The monoisotopic (exact) mass is 305 g/mol. The standard InChI is InChI=1S/C15H22F3NO2/c1-2-19-11-5-3-4-6-12-20-13-7-9-14(10-8-13)21-15(16,17)18/h7-10,19H,2-6,11-12H2,1H3. The number of hydrogen-bond donors (Lipinski definition) is 1. The molecular formula is C15H22F3NO2. The predicted octanol–water partition coefficient (Wildman–Crippen LogP) is 4.13. The van der Waals surface area contributed by atoms with Crippen molar-refractivity contribution in [3.05, 3.63) is 24.3 Å². The molecule has 0 bridgehead atoms. The van der Waals surface area contributed by atoms with E-state index in [-0.39, 0.29) is 5.75 Å². The number of halogens is 3. The molecule has 0 unspecified atom stereocenters. The first-order chi connectivity index (χ1) is 10.0. The number of ether oxygens (including phenoxy) is 2. The lowest BCUT2D eigenvalue weighted by Gasteiger charge is -2.10. The average molecular weight is 305 g/mol. The maximum atomic E-state index is 12.0. The second-order valence-electron chi connectivity index (χ2n) is 4.64. The Morgan fingerprint density at radius 2 is 1.57 bits per heavy atom. The molecule has 0 saturated carbocycles. The fourth-order valence-electron chi connectivity index (χ4n) is 1.81. The molecule has 0 amide bonds. The zero-order valence-electron chi connectivity index (χ0n) is 12.2. The van der Waals surface area contributed by atoms with E-state index in [1.165, 1.54) is 24.3 Å². The second-order valence-corrected chi connectivity index (χ2v) is 4.64.